The summed E-state index contributed by atoms with van der Waals surface area (Å²) in [7, 11) is 0. The van der Waals surface area contributed by atoms with Crippen LogP contribution < -0.4 is 5.73 Å². The summed E-state index contributed by atoms with van der Waals surface area (Å²) in [6.07, 6.45) is 0. The summed E-state index contributed by atoms with van der Waals surface area (Å²) in [5.74, 6) is -1.40. The highest BCUT2D eigenvalue weighted by Gasteiger charge is 2.29. The maximum atomic E-state index is 12.4. The number of hydrogen-bond acceptors (Lipinski definition) is 3. The minimum absolute atomic E-state index is 0.349. The number of nitrogens with two attached hydrogens (primary N) is 1. The highest BCUT2D eigenvalue weighted by molar-refractivity contribution is 9.10. The molecular formula is C13H17BrN2O3. The van der Waals surface area contributed by atoms with Crippen LogP contribution in [0.25, 0.3) is 0 Å². The Hall–Kier alpha value is -1.56. The largest absolute Gasteiger partial charge is 0.480 e. The van der Waals surface area contributed by atoms with E-state index in [9.17, 15) is 9.59 Å². The molecule has 19 heavy (non-hydrogen) atoms. The summed E-state index contributed by atoms with van der Waals surface area (Å²) in [4.78, 5) is 24.6. The number of carbonyl (C=O) groups is 2. The SMILES string of the molecule is CC(C)(C)N(CC(=O)O)C(=O)c1ccc(Br)c(N)c1. The fraction of sp³-hybridized carbons (Fsp3) is 0.385. The van der Waals surface area contributed by atoms with Crippen LogP contribution in [-0.2, 0) is 4.79 Å². The second kappa shape index (κ2) is 5.61. The van der Waals surface area contributed by atoms with Crippen molar-refractivity contribution in [1.29, 1.82) is 0 Å². The molecule has 0 unspecified atom stereocenters. The number of carbonyl (C=O) groups excluding carboxylic acids is 1. The standard InChI is InChI=1S/C13H17BrN2O3/c1-13(2,3)16(7-11(17)18)12(19)8-4-5-9(14)10(15)6-8/h4-6H,7,15H2,1-3H3,(H,17,18). The lowest BCUT2D eigenvalue weighted by molar-refractivity contribution is -0.138. The molecule has 104 valence electrons. The Labute approximate surface area is 120 Å². The number of benzene rings is 1. The van der Waals surface area contributed by atoms with Crippen molar-refractivity contribution >= 4 is 33.5 Å². The van der Waals surface area contributed by atoms with Gasteiger partial charge in [-0.15, -0.1) is 0 Å². The Morgan fingerprint density at radius 1 is 1.37 bits per heavy atom. The second-order valence-corrected chi connectivity index (χ2v) is 6.05. The molecule has 6 heteroatoms. The van der Waals surface area contributed by atoms with Crippen LogP contribution in [-0.4, -0.2) is 34.0 Å². The fourth-order valence-electron chi connectivity index (χ4n) is 1.58. The van der Waals surface area contributed by atoms with Gasteiger partial charge in [0.15, 0.2) is 0 Å². The van der Waals surface area contributed by atoms with Crippen molar-refractivity contribution in [3.63, 3.8) is 0 Å². The van der Waals surface area contributed by atoms with E-state index in [4.69, 9.17) is 10.8 Å². The van der Waals surface area contributed by atoms with Gasteiger partial charge in [0.05, 0.1) is 0 Å². The Kier molecular flexibility index (Phi) is 4.57. The number of rotatable bonds is 3. The highest BCUT2D eigenvalue weighted by atomic mass is 79.9. The van der Waals surface area contributed by atoms with Crippen LogP contribution in [0.4, 0.5) is 5.69 Å². The number of amides is 1. The molecule has 0 saturated carbocycles. The third-order valence-corrected chi connectivity index (χ3v) is 3.31. The van der Waals surface area contributed by atoms with E-state index >= 15 is 0 Å². The monoisotopic (exact) mass is 328 g/mol. The molecular weight excluding hydrogens is 312 g/mol. The average Bonchev–Trinajstić information content (AvgIpc) is 2.27. The zero-order valence-electron chi connectivity index (χ0n) is 11.1. The molecule has 5 nitrogen and oxygen atoms in total. The summed E-state index contributed by atoms with van der Waals surface area (Å²) in [6, 6.07) is 4.82. The van der Waals surface area contributed by atoms with Crippen LogP contribution in [0.5, 0.6) is 0 Å². The van der Waals surface area contributed by atoms with Crippen LogP contribution in [0, 0.1) is 0 Å². The lowest BCUT2D eigenvalue weighted by atomic mass is 10.0. The van der Waals surface area contributed by atoms with Gasteiger partial charge in [0.1, 0.15) is 6.54 Å². The third-order valence-electron chi connectivity index (χ3n) is 2.59. The van der Waals surface area contributed by atoms with E-state index in [0.29, 0.717) is 15.7 Å². The fourth-order valence-corrected chi connectivity index (χ4v) is 1.83. The minimum Gasteiger partial charge on any atom is -0.480 e. The van der Waals surface area contributed by atoms with E-state index in [1.54, 1.807) is 32.9 Å². The smallest absolute Gasteiger partial charge is 0.323 e. The molecule has 0 saturated heterocycles. The van der Waals surface area contributed by atoms with Crippen LogP contribution in [0.3, 0.4) is 0 Å². The van der Waals surface area contributed by atoms with Gasteiger partial charge in [-0.05, 0) is 54.9 Å². The van der Waals surface area contributed by atoms with Crippen molar-refractivity contribution in [2.75, 3.05) is 12.3 Å². The van der Waals surface area contributed by atoms with Crippen molar-refractivity contribution in [2.45, 2.75) is 26.3 Å². The van der Waals surface area contributed by atoms with Gasteiger partial charge in [0.2, 0.25) is 0 Å². The summed E-state index contributed by atoms with van der Waals surface area (Å²) in [5, 5.41) is 8.92. The number of halogens is 1. The number of nitrogen functional groups attached to an aromatic ring is 1. The molecule has 0 spiro atoms. The topological polar surface area (TPSA) is 83.6 Å². The van der Waals surface area contributed by atoms with Crippen molar-refractivity contribution < 1.29 is 14.7 Å². The first kappa shape index (κ1) is 15.5. The quantitative estimate of drug-likeness (QED) is 0.834. The molecule has 0 fully saturated rings. The molecule has 1 rings (SSSR count). The normalized spacial score (nSPS) is 11.2. The second-order valence-electron chi connectivity index (χ2n) is 5.19. The van der Waals surface area contributed by atoms with Crippen molar-refractivity contribution in [1.82, 2.24) is 4.90 Å². The van der Waals surface area contributed by atoms with Gasteiger partial charge in [-0.2, -0.15) is 0 Å². The molecule has 0 atom stereocenters. The van der Waals surface area contributed by atoms with Crippen LogP contribution in [0.15, 0.2) is 22.7 Å². The van der Waals surface area contributed by atoms with Gasteiger partial charge >= 0.3 is 5.97 Å². The number of nitrogens with zero attached hydrogens (tertiary/aromatic N) is 1. The maximum absolute atomic E-state index is 12.4. The molecule has 0 heterocycles. The number of hydrogen-bond donors (Lipinski definition) is 2. The first-order chi connectivity index (χ1) is 8.62. The predicted molar refractivity (Wildman–Crippen MR) is 77.0 cm³/mol. The van der Waals surface area contributed by atoms with Gasteiger partial charge in [-0.1, -0.05) is 0 Å². The lowest BCUT2D eigenvalue weighted by Crippen LogP contribution is -2.48. The molecule has 3 N–H and O–H groups in total. The minimum atomic E-state index is -1.05. The van der Waals surface area contributed by atoms with Gasteiger partial charge in [-0.25, -0.2) is 0 Å². The van der Waals surface area contributed by atoms with E-state index in [0.717, 1.165) is 0 Å². The number of anilines is 1. The van der Waals surface area contributed by atoms with E-state index < -0.39 is 11.5 Å². The summed E-state index contributed by atoms with van der Waals surface area (Å²) in [5.41, 5.74) is 5.96. The molecule has 0 bridgehead atoms. The Morgan fingerprint density at radius 2 is 1.95 bits per heavy atom. The average molecular weight is 329 g/mol. The Bertz CT molecular complexity index is 509. The van der Waals surface area contributed by atoms with Gasteiger partial charge < -0.3 is 15.7 Å². The molecule has 0 aliphatic heterocycles. The number of carboxylic acids is 1. The lowest BCUT2D eigenvalue weighted by Gasteiger charge is -2.34. The van der Waals surface area contributed by atoms with Gasteiger partial charge in [-0.3, -0.25) is 9.59 Å². The van der Waals surface area contributed by atoms with E-state index in [2.05, 4.69) is 15.9 Å². The predicted octanol–water partition coefficient (Wildman–Crippen LogP) is 2.36. The van der Waals surface area contributed by atoms with Crippen LogP contribution >= 0.6 is 15.9 Å². The third kappa shape index (κ3) is 3.96. The summed E-state index contributed by atoms with van der Waals surface area (Å²) < 4.78 is 0.699. The molecule has 1 aromatic rings. The molecule has 0 aromatic heterocycles. The van der Waals surface area contributed by atoms with Crippen LogP contribution in [0.1, 0.15) is 31.1 Å². The summed E-state index contributed by atoms with van der Waals surface area (Å²) >= 11 is 3.25. The van der Waals surface area contributed by atoms with Crippen molar-refractivity contribution in [3.05, 3.63) is 28.2 Å². The van der Waals surface area contributed by atoms with E-state index in [-0.39, 0.29) is 12.5 Å². The van der Waals surface area contributed by atoms with Gasteiger partial charge in [0.25, 0.3) is 5.91 Å². The highest BCUT2D eigenvalue weighted by Crippen LogP contribution is 2.23. The Balaban J connectivity index is 3.12. The zero-order chi connectivity index (χ0) is 14.8. The van der Waals surface area contributed by atoms with Crippen molar-refractivity contribution in [2.24, 2.45) is 0 Å². The Morgan fingerprint density at radius 3 is 2.37 bits per heavy atom. The summed E-state index contributed by atoms with van der Waals surface area (Å²) in [6.45, 7) is 5.01. The van der Waals surface area contributed by atoms with Crippen molar-refractivity contribution in [3.8, 4) is 0 Å². The first-order valence-electron chi connectivity index (χ1n) is 5.71. The molecule has 1 aromatic carbocycles. The van der Waals surface area contributed by atoms with E-state index in [1.165, 1.54) is 11.0 Å². The van der Waals surface area contributed by atoms with Crippen LogP contribution in [0.2, 0.25) is 0 Å². The molecule has 0 aliphatic carbocycles. The maximum Gasteiger partial charge on any atom is 0.323 e. The van der Waals surface area contributed by atoms with Gasteiger partial charge in [0, 0.05) is 21.3 Å². The number of carboxylic acid groups (broad SMARTS) is 1. The zero-order valence-corrected chi connectivity index (χ0v) is 12.7. The molecule has 0 radical (unpaired) electrons. The number of aliphatic carboxylic acids is 1. The van der Waals surface area contributed by atoms with E-state index in [1.807, 2.05) is 0 Å². The molecule has 1 amide bonds. The first-order valence-corrected chi connectivity index (χ1v) is 6.51. The molecule has 0 aliphatic rings.